The summed E-state index contributed by atoms with van der Waals surface area (Å²) in [5, 5.41) is 13.6. The van der Waals surface area contributed by atoms with Crippen molar-refractivity contribution in [2.45, 2.75) is 50.5 Å². The Morgan fingerprint density at radius 2 is 1.66 bits per heavy atom. The topological polar surface area (TPSA) is 122 Å². The maximum atomic E-state index is 12.7. The van der Waals surface area contributed by atoms with Crippen molar-refractivity contribution in [3.05, 3.63) is 89.0 Å². The van der Waals surface area contributed by atoms with Gasteiger partial charge in [0.1, 0.15) is 0 Å². The van der Waals surface area contributed by atoms with E-state index < -0.39 is 22.0 Å². The summed E-state index contributed by atoms with van der Waals surface area (Å²) in [7, 11) is -3.63. The second kappa shape index (κ2) is 12.6. The zero-order valence-electron chi connectivity index (χ0n) is 21.8. The number of anilines is 1. The fraction of sp³-hybridized carbons (Fsp3) is 0.367. The highest BCUT2D eigenvalue weighted by Gasteiger charge is 2.24. The minimum atomic E-state index is -3.63. The summed E-state index contributed by atoms with van der Waals surface area (Å²) in [6.07, 6.45) is 6.55. The van der Waals surface area contributed by atoms with E-state index in [9.17, 15) is 18.3 Å². The Hall–Kier alpha value is -3.20. The molecule has 5 N–H and O–H groups in total. The smallest absolute Gasteiger partial charge is 0.265 e. The van der Waals surface area contributed by atoms with Crippen LogP contribution in [0.2, 0.25) is 0 Å². The summed E-state index contributed by atoms with van der Waals surface area (Å²) >= 11 is 0. The second-order valence-electron chi connectivity index (χ2n) is 10.2. The third-order valence-corrected chi connectivity index (χ3v) is 7.69. The number of carbonyl (C=O) groups is 1. The lowest BCUT2D eigenvalue weighted by atomic mass is 9.89. The Kier molecular flexibility index (Phi) is 9.20. The summed E-state index contributed by atoms with van der Waals surface area (Å²) in [4.78, 5) is 12.7. The lowest BCUT2D eigenvalue weighted by Gasteiger charge is -2.17. The van der Waals surface area contributed by atoms with Gasteiger partial charge in [0, 0.05) is 17.8 Å². The van der Waals surface area contributed by atoms with E-state index in [-0.39, 0.29) is 5.92 Å². The van der Waals surface area contributed by atoms with Crippen LogP contribution in [-0.4, -0.2) is 38.8 Å². The number of benzene rings is 3. The van der Waals surface area contributed by atoms with Crippen LogP contribution < -0.4 is 15.8 Å². The molecule has 1 amide bonds. The average Bonchev–Trinajstić information content (AvgIpc) is 3.43. The molecular weight excluding hydrogens is 498 g/mol. The van der Waals surface area contributed by atoms with Gasteiger partial charge in [-0.2, -0.15) is 0 Å². The third kappa shape index (κ3) is 7.66. The predicted octanol–water partition coefficient (Wildman–Crippen LogP) is 4.54. The van der Waals surface area contributed by atoms with Gasteiger partial charge in [0.05, 0.1) is 12.4 Å². The van der Waals surface area contributed by atoms with Crippen LogP contribution in [-0.2, 0) is 16.4 Å². The monoisotopic (exact) mass is 535 g/mol. The van der Waals surface area contributed by atoms with Gasteiger partial charge < -0.3 is 16.2 Å². The molecule has 1 fully saturated rings. The molecule has 3 aromatic rings. The minimum Gasteiger partial charge on any atom is -0.399 e. The number of sulfonamides is 1. The standard InChI is InChI=1S/C30H37N3O4S/c1-38(36,37)33-30(35)27-17-14-25(19-28(27)23-6-2-3-7-23)22-10-8-21(9-11-22)5-4-18-32-20-29(34)24-12-15-26(31)16-13-24/h8-17,19,23,29,32,34H,2-7,18,20,31H2,1H3,(H,33,35)/t29-/m1/s1. The fourth-order valence-corrected chi connectivity index (χ4v) is 5.55. The molecule has 38 heavy (non-hydrogen) atoms. The van der Waals surface area contributed by atoms with Gasteiger partial charge in [0.2, 0.25) is 10.0 Å². The van der Waals surface area contributed by atoms with E-state index in [0.717, 1.165) is 73.6 Å². The first kappa shape index (κ1) is 27.8. The van der Waals surface area contributed by atoms with Crippen molar-refractivity contribution in [3.63, 3.8) is 0 Å². The second-order valence-corrected chi connectivity index (χ2v) is 11.9. The first-order valence-electron chi connectivity index (χ1n) is 13.2. The van der Waals surface area contributed by atoms with Crippen LogP contribution in [0.1, 0.15) is 71.2 Å². The highest BCUT2D eigenvalue weighted by molar-refractivity contribution is 7.89. The number of aliphatic hydroxyl groups excluding tert-OH is 1. The van der Waals surface area contributed by atoms with Gasteiger partial charge >= 0.3 is 0 Å². The molecule has 4 rings (SSSR count). The Morgan fingerprint density at radius 3 is 2.32 bits per heavy atom. The molecule has 1 aliphatic rings. The molecular formula is C30H37N3O4S. The summed E-state index contributed by atoms with van der Waals surface area (Å²) < 4.78 is 25.4. The molecule has 202 valence electrons. The van der Waals surface area contributed by atoms with Crippen LogP contribution in [0.25, 0.3) is 11.1 Å². The zero-order valence-corrected chi connectivity index (χ0v) is 22.6. The van der Waals surface area contributed by atoms with Gasteiger partial charge in [-0.1, -0.05) is 61.4 Å². The number of aryl methyl sites for hydroxylation is 1. The Bertz CT molecular complexity index is 1330. The van der Waals surface area contributed by atoms with Crippen molar-refractivity contribution < 1.29 is 18.3 Å². The van der Waals surface area contributed by atoms with Crippen molar-refractivity contribution in [3.8, 4) is 11.1 Å². The van der Waals surface area contributed by atoms with E-state index in [0.29, 0.717) is 17.8 Å². The number of hydrogen-bond acceptors (Lipinski definition) is 6. The van der Waals surface area contributed by atoms with Gasteiger partial charge in [0.25, 0.3) is 5.91 Å². The number of rotatable bonds is 11. The van der Waals surface area contributed by atoms with Crippen molar-refractivity contribution in [1.82, 2.24) is 10.0 Å². The van der Waals surface area contributed by atoms with Gasteiger partial charge in [-0.05, 0) is 84.2 Å². The third-order valence-electron chi connectivity index (χ3n) is 7.13. The number of aliphatic hydroxyl groups is 1. The first-order chi connectivity index (χ1) is 18.2. The SMILES string of the molecule is CS(=O)(=O)NC(=O)c1ccc(-c2ccc(CCCNC[C@@H](O)c3ccc(N)cc3)cc2)cc1C1CCCC1. The summed E-state index contributed by atoms with van der Waals surface area (Å²) in [6.45, 7) is 1.29. The fourth-order valence-electron chi connectivity index (χ4n) is 5.10. The number of amides is 1. The summed E-state index contributed by atoms with van der Waals surface area (Å²) in [5.41, 5.74) is 11.9. The molecule has 0 aliphatic heterocycles. The van der Waals surface area contributed by atoms with Crippen molar-refractivity contribution in [2.75, 3.05) is 25.1 Å². The molecule has 0 heterocycles. The molecule has 7 nitrogen and oxygen atoms in total. The van der Waals surface area contributed by atoms with Crippen LogP contribution in [0.3, 0.4) is 0 Å². The van der Waals surface area contributed by atoms with Gasteiger partial charge in [-0.3, -0.25) is 4.79 Å². The Labute approximate surface area is 225 Å². The maximum Gasteiger partial charge on any atom is 0.265 e. The number of nitrogens with one attached hydrogen (secondary N) is 2. The molecule has 1 aliphatic carbocycles. The van der Waals surface area contributed by atoms with Gasteiger partial charge in [-0.25, -0.2) is 13.1 Å². The minimum absolute atomic E-state index is 0.264. The molecule has 0 saturated heterocycles. The van der Waals surface area contributed by atoms with Gasteiger partial charge in [0.15, 0.2) is 0 Å². The molecule has 8 heteroatoms. The zero-order chi connectivity index (χ0) is 27.1. The summed E-state index contributed by atoms with van der Waals surface area (Å²) in [6, 6.07) is 21.4. The highest BCUT2D eigenvalue weighted by atomic mass is 32.2. The van der Waals surface area contributed by atoms with E-state index in [1.54, 1.807) is 18.2 Å². The lowest BCUT2D eigenvalue weighted by molar-refractivity contribution is 0.0980. The largest absolute Gasteiger partial charge is 0.399 e. The first-order valence-corrected chi connectivity index (χ1v) is 15.1. The maximum absolute atomic E-state index is 12.7. The molecule has 0 spiro atoms. The molecule has 1 atom stereocenters. The molecule has 0 radical (unpaired) electrons. The van der Waals surface area contributed by atoms with E-state index in [1.807, 2.05) is 18.2 Å². The molecule has 3 aromatic carbocycles. The number of nitrogen functional groups attached to an aromatic ring is 1. The van der Waals surface area contributed by atoms with Gasteiger partial charge in [-0.15, -0.1) is 0 Å². The van der Waals surface area contributed by atoms with Crippen molar-refractivity contribution in [2.24, 2.45) is 0 Å². The van der Waals surface area contributed by atoms with E-state index >= 15 is 0 Å². The van der Waals surface area contributed by atoms with E-state index in [4.69, 9.17) is 5.73 Å². The average molecular weight is 536 g/mol. The number of nitrogens with two attached hydrogens (primary N) is 1. The van der Waals surface area contributed by atoms with E-state index in [2.05, 4.69) is 40.4 Å². The Morgan fingerprint density at radius 1 is 1.00 bits per heavy atom. The predicted molar refractivity (Wildman–Crippen MR) is 152 cm³/mol. The Balaban J connectivity index is 1.35. The van der Waals surface area contributed by atoms with E-state index in [1.165, 1.54) is 5.56 Å². The van der Waals surface area contributed by atoms with Crippen molar-refractivity contribution in [1.29, 1.82) is 0 Å². The highest BCUT2D eigenvalue weighted by Crippen LogP contribution is 2.38. The van der Waals surface area contributed by atoms with Crippen LogP contribution in [0.5, 0.6) is 0 Å². The quantitative estimate of drug-likeness (QED) is 0.211. The number of carbonyl (C=O) groups excluding carboxylic acids is 1. The molecule has 0 unspecified atom stereocenters. The molecule has 0 aromatic heterocycles. The molecule has 1 saturated carbocycles. The van der Waals surface area contributed by atoms with Crippen LogP contribution in [0.4, 0.5) is 5.69 Å². The lowest BCUT2D eigenvalue weighted by Crippen LogP contribution is -2.30. The van der Waals surface area contributed by atoms with Crippen LogP contribution in [0.15, 0.2) is 66.7 Å². The number of hydrogen-bond donors (Lipinski definition) is 4. The molecule has 0 bridgehead atoms. The summed E-state index contributed by atoms with van der Waals surface area (Å²) in [5.74, 6) is -0.300. The normalized spacial score (nSPS) is 14.9. The van der Waals surface area contributed by atoms with Crippen LogP contribution >= 0.6 is 0 Å². The van der Waals surface area contributed by atoms with Crippen LogP contribution in [0, 0.1) is 0 Å². The van der Waals surface area contributed by atoms with Crippen molar-refractivity contribution >= 4 is 21.6 Å².